The number of nitrogens with zero attached hydrogens (tertiary/aromatic N) is 1. The highest BCUT2D eigenvalue weighted by atomic mass is 19.1. The number of benzene rings is 1. The molecule has 1 N–H and O–H groups in total. The van der Waals surface area contributed by atoms with Crippen molar-refractivity contribution in [1.29, 1.82) is 0 Å². The normalized spacial score (nSPS) is 10.4. The minimum Gasteiger partial charge on any atom is -0.463 e. The summed E-state index contributed by atoms with van der Waals surface area (Å²) in [5.74, 6) is -0.304. The fraction of sp³-hybridized carbons (Fsp3) is 0.0588. The first-order valence-corrected chi connectivity index (χ1v) is 6.75. The molecule has 2 aromatic heterocycles. The third kappa shape index (κ3) is 3.03. The van der Waals surface area contributed by atoms with Gasteiger partial charge in [0.25, 0.3) is 5.91 Å². The van der Waals surface area contributed by atoms with Gasteiger partial charge in [-0.2, -0.15) is 0 Å². The minimum atomic E-state index is -0.536. The molecule has 0 bridgehead atoms. The molecule has 4 nitrogen and oxygen atoms in total. The second kappa shape index (κ2) is 6.22. The number of amides is 1. The molecule has 1 aromatic carbocycles. The van der Waals surface area contributed by atoms with Crippen molar-refractivity contribution in [1.82, 2.24) is 10.3 Å². The van der Waals surface area contributed by atoms with Crippen molar-refractivity contribution in [2.24, 2.45) is 0 Å². The topological polar surface area (TPSA) is 55.1 Å². The summed E-state index contributed by atoms with van der Waals surface area (Å²) in [7, 11) is 0. The zero-order valence-corrected chi connectivity index (χ0v) is 11.6. The Kier molecular flexibility index (Phi) is 3.96. The molecule has 0 radical (unpaired) electrons. The van der Waals surface area contributed by atoms with Crippen LogP contribution in [-0.2, 0) is 6.54 Å². The van der Waals surface area contributed by atoms with Crippen LogP contribution >= 0.6 is 0 Å². The van der Waals surface area contributed by atoms with Crippen LogP contribution < -0.4 is 5.32 Å². The monoisotopic (exact) mass is 296 g/mol. The van der Waals surface area contributed by atoms with Crippen LogP contribution in [0.4, 0.5) is 4.39 Å². The van der Waals surface area contributed by atoms with E-state index in [1.54, 1.807) is 30.7 Å². The van der Waals surface area contributed by atoms with Gasteiger partial charge < -0.3 is 9.73 Å². The van der Waals surface area contributed by atoms with Crippen molar-refractivity contribution in [3.05, 3.63) is 77.9 Å². The SMILES string of the molecule is O=C(NCc1ccc(-c2ccco2)nc1)c1ccccc1F. The van der Waals surface area contributed by atoms with Crippen LogP contribution in [0.25, 0.3) is 11.5 Å². The first kappa shape index (κ1) is 14.0. The van der Waals surface area contributed by atoms with Gasteiger partial charge >= 0.3 is 0 Å². The van der Waals surface area contributed by atoms with Gasteiger partial charge in [0.05, 0.1) is 11.8 Å². The number of halogens is 1. The van der Waals surface area contributed by atoms with Crippen LogP contribution in [0.3, 0.4) is 0 Å². The number of aromatic nitrogens is 1. The standard InChI is InChI=1S/C17H13FN2O2/c18-14-5-2-1-4-13(14)17(21)20-11-12-7-8-15(19-10-12)16-6-3-9-22-16/h1-10H,11H2,(H,20,21). The van der Waals surface area contributed by atoms with Gasteiger partial charge in [0.1, 0.15) is 11.5 Å². The van der Waals surface area contributed by atoms with Crippen molar-refractivity contribution < 1.29 is 13.6 Å². The molecule has 3 rings (SSSR count). The lowest BCUT2D eigenvalue weighted by molar-refractivity contribution is 0.0947. The molecule has 0 aliphatic heterocycles. The molecular formula is C17H13FN2O2. The summed E-state index contributed by atoms with van der Waals surface area (Å²) in [5, 5.41) is 2.67. The van der Waals surface area contributed by atoms with E-state index in [2.05, 4.69) is 10.3 Å². The molecule has 0 aliphatic carbocycles. The number of pyridine rings is 1. The zero-order valence-electron chi connectivity index (χ0n) is 11.6. The predicted molar refractivity (Wildman–Crippen MR) is 79.5 cm³/mol. The Hall–Kier alpha value is -2.95. The van der Waals surface area contributed by atoms with Crippen molar-refractivity contribution >= 4 is 5.91 Å². The maximum absolute atomic E-state index is 13.5. The van der Waals surface area contributed by atoms with Gasteiger partial charge in [-0.3, -0.25) is 9.78 Å². The third-order valence-corrected chi connectivity index (χ3v) is 3.17. The lowest BCUT2D eigenvalue weighted by Gasteiger charge is -2.06. The smallest absolute Gasteiger partial charge is 0.254 e. The number of carbonyl (C=O) groups excluding carboxylic acids is 1. The highest BCUT2D eigenvalue weighted by Crippen LogP contribution is 2.17. The second-order valence-electron chi connectivity index (χ2n) is 4.69. The Bertz CT molecular complexity index is 768. The van der Waals surface area contributed by atoms with Crippen molar-refractivity contribution in [3.63, 3.8) is 0 Å². The molecule has 0 fully saturated rings. The molecule has 0 saturated carbocycles. The van der Waals surface area contributed by atoms with Gasteiger partial charge in [0.2, 0.25) is 0 Å². The van der Waals surface area contributed by atoms with Gasteiger partial charge in [-0.1, -0.05) is 18.2 Å². The van der Waals surface area contributed by atoms with E-state index in [0.29, 0.717) is 11.5 Å². The molecule has 0 spiro atoms. The molecule has 5 heteroatoms. The highest BCUT2D eigenvalue weighted by molar-refractivity contribution is 5.94. The van der Waals surface area contributed by atoms with Crippen molar-refractivity contribution in [2.45, 2.75) is 6.54 Å². The van der Waals surface area contributed by atoms with Crippen LogP contribution in [0.5, 0.6) is 0 Å². The molecule has 0 aliphatic rings. The lowest BCUT2D eigenvalue weighted by atomic mass is 10.2. The number of hydrogen-bond donors (Lipinski definition) is 1. The Labute approximate surface area is 126 Å². The third-order valence-electron chi connectivity index (χ3n) is 3.17. The van der Waals surface area contributed by atoms with Crippen molar-refractivity contribution in [3.8, 4) is 11.5 Å². The lowest BCUT2D eigenvalue weighted by Crippen LogP contribution is -2.23. The van der Waals surface area contributed by atoms with Gasteiger partial charge in [-0.25, -0.2) is 4.39 Å². The van der Waals surface area contributed by atoms with Crippen LogP contribution in [0, 0.1) is 5.82 Å². The number of hydrogen-bond acceptors (Lipinski definition) is 3. The van der Waals surface area contributed by atoms with Gasteiger partial charge in [0, 0.05) is 12.7 Å². The number of rotatable bonds is 4. The van der Waals surface area contributed by atoms with E-state index in [1.807, 2.05) is 18.2 Å². The Morgan fingerprint density at radius 3 is 2.68 bits per heavy atom. The number of carbonyl (C=O) groups is 1. The maximum atomic E-state index is 13.5. The van der Waals surface area contributed by atoms with E-state index in [1.165, 1.54) is 12.1 Å². The summed E-state index contributed by atoms with van der Waals surface area (Å²) in [6, 6.07) is 13.1. The Balaban J connectivity index is 1.64. The average molecular weight is 296 g/mol. The van der Waals surface area contributed by atoms with Crippen molar-refractivity contribution in [2.75, 3.05) is 0 Å². The fourth-order valence-corrected chi connectivity index (χ4v) is 2.02. The van der Waals surface area contributed by atoms with E-state index in [9.17, 15) is 9.18 Å². The summed E-state index contributed by atoms with van der Waals surface area (Å²) < 4.78 is 18.7. The van der Waals surface area contributed by atoms with Gasteiger partial charge in [-0.05, 0) is 35.9 Å². The second-order valence-corrected chi connectivity index (χ2v) is 4.69. The van der Waals surface area contributed by atoms with E-state index in [-0.39, 0.29) is 12.1 Å². The molecule has 0 saturated heterocycles. The zero-order chi connectivity index (χ0) is 15.4. The summed E-state index contributed by atoms with van der Waals surface area (Å²) in [6.07, 6.45) is 3.24. The van der Waals surface area contributed by atoms with Gasteiger partial charge in [-0.15, -0.1) is 0 Å². The van der Waals surface area contributed by atoms with Crippen LogP contribution in [0.2, 0.25) is 0 Å². The molecule has 3 aromatic rings. The molecule has 22 heavy (non-hydrogen) atoms. The summed E-state index contributed by atoms with van der Waals surface area (Å²) in [4.78, 5) is 16.2. The highest BCUT2D eigenvalue weighted by Gasteiger charge is 2.10. The first-order valence-electron chi connectivity index (χ1n) is 6.75. The Morgan fingerprint density at radius 2 is 2.00 bits per heavy atom. The predicted octanol–water partition coefficient (Wildman–Crippen LogP) is 3.41. The summed E-state index contributed by atoms with van der Waals surface area (Å²) in [5.41, 5.74) is 1.57. The van der Waals surface area contributed by atoms with E-state index in [0.717, 1.165) is 5.56 Å². The summed E-state index contributed by atoms with van der Waals surface area (Å²) in [6.45, 7) is 0.276. The van der Waals surface area contributed by atoms with E-state index in [4.69, 9.17) is 4.42 Å². The molecular weight excluding hydrogens is 283 g/mol. The maximum Gasteiger partial charge on any atom is 0.254 e. The Morgan fingerprint density at radius 1 is 1.14 bits per heavy atom. The molecule has 110 valence electrons. The minimum absolute atomic E-state index is 0.0302. The first-order chi connectivity index (χ1) is 10.7. The largest absolute Gasteiger partial charge is 0.463 e. The molecule has 0 unspecified atom stereocenters. The average Bonchev–Trinajstić information content (AvgIpc) is 3.08. The number of furan rings is 1. The quantitative estimate of drug-likeness (QED) is 0.802. The molecule has 2 heterocycles. The van der Waals surface area contributed by atoms with Crippen LogP contribution in [0.1, 0.15) is 15.9 Å². The van der Waals surface area contributed by atoms with Crippen LogP contribution in [0.15, 0.2) is 65.4 Å². The molecule has 1 amide bonds. The fourth-order valence-electron chi connectivity index (χ4n) is 2.02. The van der Waals surface area contributed by atoms with E-state index >= 15 is 0 Å². The number of nitrogens with one attached hydrogen (secondary N) is 1. The van der Waals surface area contributed by atoms with E-state index < -0.39 is 11.7 Å². The summed E-state index contributed by atoms with van der Waals surface area (Å²) >= 11 is 0. The van der Waals surface area contributed by atoms with Gasteiger partial charge in [0.15, 0.2) is 5.76 Å². The van der Waals surface area contributed by atoms with Crippen LogP contribution in [-0.4, -0.2) is 10.9 Å². The molecule has 0 atom stereocenters.